The van der Waals surface area contributed by atoms with E-state index in [0.29, 0.717) is 25.3 Å². The molecule has 1 aliphatic rings. The highest BCUT2D eigenvalue weighted by Gasteiger charge is 2.29. The predicted molar refractivity (Wildman–Crippen MR) is 84.4 cm³/mol. The fourth-order valence-electron chi connectivity index (χ4n) is 2.42. The number of hydrogen-bond donors (Lipinski definition) is 0. The van der Waals surface area contributed by atoms with Gasteiger partial charge in [-0.25, -0.2) is 0 Å². The number of piperidine rings is 1. The number of amides is 1. The fraction of sp³-hybridized carbons (Fsp3) is 0.467. The van der Waals surface area contributed by atoms with Crippen LogP contribution in [0.3, 0.4) is 0 Å². The van der Waals surface area contributed by atoms with Crippen molar-refractivity contribution < 1.29 is 14.3 Å². The number of halogens is 1. The first-order chi connectivity index (χ1) is 9.61. The van der Waals surface area contributed by atoms with Gasteiger partial charge < -0.3 is 9.64 Å². The van der Waals surface area contributed by atoms with Crippen LogP contribution in [0, 0.1) is 9.49 Å². The van der Waals surface area contributed by atoms with Crippen molar-refractivity contribution in [2.75, 3.05) is 19.7 Å². The molecule has 1 aromatic rings. The predicted octanol–water partition coefficient (Wildman–Crippen LogP) is 2.71. The van der Waals surface area contributed by atoms with Crippen LogP contribution in [-0.4, -0.2) is 36.5 Å². The van der Waals surface area contributed by atoms with Gasteiger partial charge in [-0.2, -0.15) is 0 Å². The number of nitrogens with zero attached hydrogens (tertiary/aromatic N) is 1. The van der Waals surface area contributed by atoms with Gasteiger partial charge in [-0.3, -0.25) is 9.59 Å². The molecule has 20 heavy (non-hydrogen) atoms. The molecule has 0 aromatic heterocycles. The zero-order chi connectivity index (χ0) is 14.5. The summed E-state index contributed by atoms with van der Waals surface area (Å²) in [7, 11) is 0. The van der Waals surface area contributed by atoms with Gasteiger partial charge in [-0.05, 0) is 60.6 Å². The van der Waals surface area contributed by atoms with Crippen LogP contribution in [0.15, 0.2) is 24.3 Å². The number of ether oxygens (including phenoxy) is 1. The van der Waals surface area contributed by atoms with Gasteiger partial charge in [0.15, 0.2) is 0 Å². The minimum Gasteiger partial charge on any atom is -0.466 e. The molecular formula is C15H18INO3. The van der Waals surface area contributed by atoms with Gasteiger partial charge in [0, 0.05) is 22.2 Å². The largest absolute Gasteiger partial charge is 0.466 e. The summed E-state index contributed by atoms with van der Waals surface area (Å²) < 4.78 is 6.09. The molecule has 1 fully saturated rings. The fourth-order valence-corrected chi connectivity index (χ4v) is 2.96. The Morgan fingerprint density at radius 3 is 2.95 bits per heavy atom. The third-order valence-electron chi connectivity index (χ3n) is 3.40. The molecule has 0 bridgehead atoms. The molecule has 4 nitrogen and oxygen atoms in total. The zero-order valence-corrected chi connectivity index (χ0v) is 13.6. The van der Waals surface area contributed by atoms with Crippen molar-refractivity contribution in [2.24, 2.45) is 5.92 Å². The van der Waals surface area contributed by atoms with E-state index in [9.17, 15) is 9.59 Å². The monoisotopic (exact) mass is 387 g/mol. The molecule has 0 unspecified atom stereocenters. The minimum atomic E-state index is -0.187. The quantitative estimate of drug-likeness (QED) is 0.592. The molecule has 2 rings (SSSR count). The molecule has 1 aliphatic heterocycles. The van der Waals surface area contributed by atoms with Crippen molar-refractivity contribution in [3.05, 3.63) is 33.4 Å². The second kappa shape index (κ2) is 7.06. The Labute approximate surface area is 132 Å². The lowest BCUT2D eigenvalue weighted by atomic mass is 9.97. The van der Waals surface area contributed by atoms with Crippen molar-refractivity contribution in [1.29, 1.82) is 0 Å². The smallest absolute Gasteiger partial charge is 0.310 e. The Hall–Kier alpha value is -1.11. The number of esters is 1. The lowest BCUT2D eigenvalue weighted by molar-refractivity contribution is -0.149. The molecule has 1 amide bonds. The number of rotatable bonds is 3. The lowest BCUT2D eigenvalue weighted by Gasteiger charge is -2.31. The molecule has 1 aromatic carbocycles. The number of carbonyl (C=O) groups is 2. The van der Waals surface area contributed by atoms with Crippen LogP contribution in [0.5, 0.6) is 0 Å². The topological polar surface area (TPSA) is 46.6 Å². The second-order valence-electron chi connectivity index (χ2n) is 4.85. The van der Waals surface area contributed by atoms with Crippen LogP contribution >= 0.6 is 22.6 Å². The zero-order valence-electron chi connectivity index (χ0n) is 11.5. The Morgan fingerprint density at radius 2 is 2.25 bits per heavy atom. The average molecular weight is 387 g/mol. The lowest BCUT2D eigenvalue weighted by Crippen LogP contribution is -2.42. The van der Waals surface area contributed by atoms with Gasteiger partial charge >= 0.3 is 5.97 Å². The summed E-state index contributed by atoms with van der Waals surface area (Å²) in [6, 6.07) is 7.52. The number of likely N-dealkylation sites (tertiary alicyclic amines) is 1. The van der Waals surface area contributed by atoms with Gasteiger partial charge in [0.2, 0.25) is 0 Å². The summed E-state index contributed by atoms with van der Waals surface area (Å²) in [5.74, 6) is -0.374. The first-order valence-corrected chi connectivity index (χ1v) is 7.91. The average Bonchev–Trinajstić information content (AvgIpc) is 2.47. The van der Waals surface area contributed by atoms with Crippen LogP contribution in [0.1, 0.15) is 30.1 Å². The minimum absolute atomic E-state index is 0.00230. The van der Waals surface area contributed by atoms with Crippen molar-refractivity contribution in [1.82, 2.24) is 4.90 Å². The second-order valence-corrected chi connectivity index (χ2v) is 6.10. The van der Waals surface area contributed by atoms with Crippen molar-refractivity contribution in [2.45, 2.75) is 19.8 Å². The Balaban J connectivity index is 2.05. The molecule has 0 spiro atoms. The van der Waals surface area contributed by atoms with E-state index in [2.05, 4.69) is 22.6 Å². The normalized spacial score (nSPS) is 18.7. The highest BCUT2D eigenvalue weighted by atomic mass is 127. The van der Waals surface area contributed by atoms with E-state index in [0.717, 1.165) is 16.4 Å². The number of carbonyl (C=O) groups excluding carboxylic acids is 2. The number of hydrogen-bond acceptors (Lipinski definition) is 3. The van der Waals surface area contributed by atoms with E-state index in [1.165, 1.54) is 0 Å². The Kier molecular flexibility index (Phi) is 5.39. The number of benzene rings is 1. The van der Waals surface area contributed by atoms with E-state index >= 15 is 0 Å². The van der Waals surface area contributed by atoms with Crippen molar-refractivity contribution in [3.8, 4) is 0 Å². The van der Waals surface area contributed by atoms with Crippen LogP contribution in [-0.2, 0) is 9.53 Å². The van der Waals surface area contributed by atoms with Gasteiger partial charge in [-0.15, -0.1) is 0 Å². The first-order valence-electron chi connectivity index (χ1n) is 6.83. The summed E-state index contributed by atoms with van der Waals surface area (Å²) in [6.45, 7) is 3.36. The van der Waals surface area contributed by atoms with E-state index < -0.39 is 0 Å². The molecule has 0 aliphatic carbocycles. The van der Waals surface area contributed by atoms with Crippen LogP contribution < -0.4 is 0 Å². The van der Waals surface area contributed by atoms with E-state index in [1.54, 1.807) is 11.8 Å². The summed E-state index contributed by atoms with van der Waals surface area (Å²) in [5.41, 5.74) is 0.682. The molecule has 0 saturated carbocycles. The van der Waals surface area contributed by atoms with Crippen molar-refractivity contribution >= 4 is 34.5 Å². The van der Waals surface area contributed by atoms with E-state index in [-0.39, 0.29) is 17.8 Å². The highest BCUT2D eigenvalue weighted by Crippen LogP contribution is 2.20. The molecule has 5 heteroatoms. The van der Waals surface area contributed by atoms with Gasteiger partial charge in [0.1, 0.15) is 0 Å². The summed E-state index contributed by atoms with van der Waals surface area (Å²) in [4.78, 5) is 26.0. The third kappa shape index (κ3) is 3.71. The summed E-state index contributed by atoms with van der Waals surface area (Å²) >= 11 is 2.19. The molecule has 1 heterocycles. The maximum absolute atomic E-state index is 12.4. The maximum atomic E-state index is 12.4. The molecule has 1 saturated heterocycles. The SMILES string of the molecule is CCOC(=O)[C@@H]1CCCN(C(=O)c2cccc(I)c2)C1. The molecule has 1 atom stereocenters. The molecule has 108 valence electrons. The van der Waals surface area contributed by atoms with Gasteiger partial charge in [0.05, 0.1) is 12.5 Å². The van der Waals surface area contributed by atoms with Gasteiger partial charge in [-0.1, -0.05) is 6.07 Å². The van der Waals surface area contributed by atoms with Crippen LogP contribution in [0.4, 0.5) is 0 Å². The molecule has 0 radical (unpaired) electrons. The van der Waals surface area contributed by atoms with Crippen LogP contribution in [0.25, 0.3) is 0 Å². The van der Waals surface area contributed by atoms with Gasteiger partial charge in [0.25, 0.3) is 5.91 Å². The molecule has 0 N–H and O–H groups in total. The standard InChI is InChI=1S/C15H18INO3/c1-2-20-15(19)12-6-4-8-17(10-12)14(18)11-5-3-7-13(16)9-11/h3,5,7,9,12H,2,4,6,8,10H2,1H3/t12-/m1/s1. The first kappa shape index (κ1) is 15.3. The third-order valence-corrected chi connectivity index (χ3v) is 4.07. The Morgan fingerprint density at radius 1 is 1.45 bits per heavy atom. The van der Waals surface area contributed by atoms with E-state index in [1.807, 2.05) is 24.3 Å². The van der Waals surface area contributed by atoms with Crippen LogP contribution in [0.2, 0.25) is 0 Å². The summed E-state index contributed by atoms with van der Waals surface area (Å²) in [5, 5.41) is 0. The van der Waals surface area contributed by atoms with Crippen molar-refractivity contribution in [3.63, 3.8) is 0 Å². The maximum Gasteiger partial charge on any atom is 0.310 e. The Bertz CT molecular complexity index is 504. The van der Waals surface area contributed by atoms with E-state index in [4.69, 9.17) is 4.74 Å². The summed E-state index contributed by atoms with van der Waals surface area (Å²) in [6.07, 6.45) is 1.65. The molecular weight excluding hydrogens is 369 g/mol. The highest BCUT2D eigenvalue weighted by molar-refractivity contribution is 14.1.